The molecule has 1 N–H and O–H groups in total. The van der Waals surface area contributed by atoms with Gasteiger partial charge in [0.15, 0.2) is 11.5 Å². The lowest BCUT2D eigenvalue weighted by molar-refractivity contribution is 0.174. The van der Waals surface area contributed by atoms with Crippen molar-refractivity contribution in [3.63, 3.8) is 0 Å². The summed E-state index contributed by atoms with van der Waals surface area (Å²) >= 11 is 0. The van der Waals surface area contributed by atoms with Gasteiger partial charge in [-0.15, -0.1) is 0 Å². The van der Waals surface area contributed by atoms with Crippen LogP contribution in [0.1, 0.15) is 12.8 Å². The molecule has 2 aliphatic rings. The Morgan fingerprint density at radius 2 is 1.94 bits per heavy atom. The highest BCUT2D eigenvalue weighted by molar-refractivity contribution is 7.85. The van der Waals surface area contributed by atoms with Crippen LogP contribution in [0.5, 0.6) is 11.5 Å². The molecule has 92 valence electrons. The minimum Gasteiger partial charge on any atom is -0.454 e. The van der Waals surface area contributed by atoms with Gasteiger partial charge in [-0.05, 0) is 25.0 Å². The van der Waals surface area contributed by atoms with E-state index in [2.05, 4.69) is 5.32 Å². The zero-order valence-corrected chi connectivity index (χ0v) is 10.3. The van der Waals surface area contributed by atoms with E-state index in [9.17, 15) is 4.21 Å². The van der Waals surface area contributed by atoms with Crippen molar-refractivity contribution in [2.45, 2.75) is 18.9 Å². The number of benzene rings is 1. The van der Waals surface area contributed by atoms with E-state index in [-0.39, 0.29) is 0 Å². The van der Waals surface area contributed by atoms with Crippen LogP contribution in [-0.4, -0.2) is 28.5 Å². The SMILES string of the molecule is O=S1CCC(Nc2ccc3c(c2)OCO3)CC1. The largest absolute Gasteiger partial charge is 0.454 e. The third-order valence-corrected chi connectivity index (χ3v) is 4.51. The molecular formula is C12H15NO3S. The van der Waals surface area contributed by atoms with E-state index < -0.39 is 10.8 Å². The van der Waals surface area contributed by atoms with Crippen molar-refractivity contribution in [2.75, 3.05) is 23.6 Å². The summed E-state index contributed by atoms with van der Waals surface area (Å²) in [5.74, 6) is 3.22. The quantitative estimate of drug-likeness (QED) is 0.872. The van der Waals surface area contributed by atoms with Crippen molar-refractivity contribution in [3.05, 3.63) is 18.2 Å². The monoisotopic (exact) mass is 253 g/mol. The molecule has 0 amide bonds. The molecule has 0 unspecified atom stereocenters. The van der Waals surface area contributed by atoms with Crippen molar-refractivity contribution in [1.29, 1.82) is 0 Å². The van der Waals surface area contributed by atoms with Gasteiger partial charge in [0, 0.05) is 40.1 Å². The number of hydrogen-bond acceptors (Lipinski definition) is 4. The summed E-state index contributed by atoms with van der Waals surface area (Å²) < 4.78 is 21.9. The maximum Gasteiger partial charge on any atom is 0.231 e. The maximum atomic E-state index is 11.3. The van der Waals surface area contributed by atoms with Crippen LogP contribution >= 0.6 is 0 Å². The Labute approximate surface area is 103 Å². The molecule has 0 spiro atoms. The zero-order chi connectivity index (χ0) is 11.7. The molecule has 0 radical (unpaired) electrons. The van der Waals surface area contributed by atoms with Gasteiger partial charge in [0.25, 0.3) is 0 Å². The molecule has 1 saturated heterocycles. The first-order valence-electron chi connectivity index (χ1n) is 5.82. The van der Waals surface area contributed by atoms with Gasteiger partial charge in [0.05, 0.1) is 0 Å². The maximum absolute atomic E-state index is 11.3. The highest BCUT2D eigenvalue weighted by atomic mass is 32.2. The van der Waals surface area contributed by atoms with Crippen molar-refractivity contribution < 1.29 is 13.7 Å². The lowest BCUT2D eigenvalue weighted by atomic mass is 10.1. The Balaban J connectivity index is 1.67. The van der Waals surface area contributed by atoms with Gasteiger partial charge < -0.3 is 14.8 Å². The van der Waals surface area contributed by atoms with E-state index in [4.69, 9.17) is 9.47 Å². The van der Waals surface area contributed by atoms with Gasteiger partial charge in [0.2, 0.25) is 6.79 Å². The Morgan fingerprint density at radius 3 is 2.76 bits per heavy atom. The van der Waals surface area contributed by atoms with Crippen LogP contribution in [-0.2, 0) is 10.8 Å². The molecular weight excluding hydrogens is 238 g/mol. The molecule has 1 fully saturated rings. The molecule has 5 heteroatoms. The first kappa shape index (κ1) is 10.9. The first-order valence-corrected chi connectivity index (χ1v) is 7.31. The summed E-state index contributed by atoms with van der Waals surface area (Å²) in [5, 5.41) is 3.46. The average Bonchev–Trinajstić information content (AvgIpc) is 2.79. The van der Waals surface area contributed by atoms with Gasteiger partial charge in [-0.3, -0.25) is 4.21 Å². The molecule has 0 aliphatic carbocycles. The van der Waals surface area contributed by atoms with Crippen LogP contribution in [0.4, 0.5) is 5.69 Å². The number of ether oxygens (including phenoxy) is 2. The van der Waals surface area contributed by atoms with Crippen molar-refractivity contribution in [2.24, 2.45) is 0 Å². The number of fused-ring (bicyclic) bond motifs is 1. The summed E-state index contributed by atoms with van der Waals surface area (Å²) in [5.41, 5.74) is 1.05. The van der Waals surface area contributed by atoms with Crippen molar-refractivity contribution in [1.82, 2.24) is 0 Å². The Morgan fingerprint density at radius 1 is 1.18 bits per heavy atom. The van der Waals surface area contributed by atoms with E-state index in [1.165, 1.54) is 0 Å². The fraction of sp³-hybridized carbons (Fsp3) is 0.500. The van der Waals surface area contributed by atoms with Gasteiger partial charge in [-0.1, -0.05) is 0 Å². The fourth-order valence-electron chi connectivity index (χ4n) is 2.16. The summed E-state index contributed by atoms with van der Waals surface area (Å²) in [7, 11) is -0.603. The van der Waals surface area contributed by atoms with Gasteiger partial charge in [-0.2, -0.15) is 0 Å². The molecule has 0 aromatic heterocycles. The first-order chi connectivity index (χ1) is 8.31. The summed E-state index contributed by atoms with van der Waals surface area (Å²) in [6.45, 7) is 0.307. The molecule has 1 aromatic rings. The van der Waals surface area contributed by atoms with Crippen molar-refractivity contribution in [3.8, 4) is 11.5 Å². The lowest BCUT2D eigenvalue weighted by Gasteiger charge is -2.23. The number of nitrogens with one attached hydrogen (secondary N) is 1. The number of anilines is 1. The van der Waals surface area contributed by atoms with Gasteiger partial charge in [0.1, 0.15) is 0 Å². The molecule has 17 heavy (non-hydrogen) atoms. The topological polar surface area (TPSA) is 47.6 Å². The molecule has 2 aliphatic heterocycles. The highest BCUT2D eigenvalue weighted by Gasteiger charge is 2.19. The van der Waals surface area contributed by atoms with E-state index >= 15 is 0 Å². The molecule has 0 atom stereocenters. The smallest absolute Gasteiger partial charge is 0.231 e. The zero-order valence-electron chi connectivity index (χ0n) is 9.48. The Hall–Kier alpha value is -1.23. The predicted octanol–water partition coefficient (Wildman–Crippen LogP) is 1.74. The lowest BCUT2D eigenvalue weighted by Crippen LogP contribution is -2.29. The Bertz CT molecular complexity index is 439. The third kappa shape index (κ3) is 2.39. The summed E-state index contributed by atoms with van der Waals surface area (Å²) in [6.07, 6.45) is 1.95. The van der Waals surface area contributed by atoms with Gasteiger partial charge in [-0.25, -0.2) is 0 Å². The Kier molecular flexibility index (Phi) is 2.93. The van der Waals surface area contributed by atoms with Crippen LogP contribution in [0.2, 0.25) is 0 Å². The average molecular weight is 253 g/mol. The minimum atomic E-state index is -0.603. The van der Waals surface area contributed by atoms with Crippen LogP contribution in [0.25, 0.3) is 0 Å². The van der Waals surface area contributed by atoms with Crippen LogP contribution in [0.15, 0.2) is 18.2 Å². The molecule has 4 nitrogen and oxygen atoms in total. The molecule has 1 aromatic carbocycles. The van der Waals surface area contributed by atoms with E-state index in [1.807, 2.05) is 18.2 Å². The third-order valence-electron chi connectivity index (χ3n) is 3.13. The molecule has 3 rings (SSSR count). The molecule has 2 heterocycles. The van der Waals surface area contributed by atoms with E-state index in [0.29, 0.717) is 12.8 Å². The van der Waals surface area contributed by atoms with E-state index in [0.717, 1.165) is 41.5 Å². The van der Waals surface area contributed by atoms with Crippen LogP contribution < -0.4 is 14.8 Å². The summed E-state index contributed by atoms with van der Waals surface area (Å²) in [6, 6.07) is 6.31. The highest BCUT2D eigenvalue weighted by Crippen LogP contribution is 2.34. The normalized spacial score (nSPS) is 26.8. The van der Waals surface area contributed by atoms with Crippen LogP contribution in [0, 0.1) is 0 Å². The second-order valence-corrected chi connectivity index (χ2v) is 6.03. The van der Waals surface area contributed by atoms with E-state index in [1.54, 1.807) is 0 Å². The predicted molar refractivity (Wildman–Crippen MR) is 67.1 cm³/mol. The number of hydrogen-bond donors (Lipinski definition) is 1. The van der Waals surface area contributed by atoms with Gasteiger partial charge >= 0.3 is 0 Å². The molecule has 0 bridgehead atoms. The second kappa shape index (κ2) is 4.56. The summed E-state index contributed by atoms with van der Waals surface area (Å²) in [4.78, 5) is 0. The van der Waals surface area contributed by atoms with Crippen LogP contribution in [0.3, 0.4) is 0 Å². The number of rotatable bonds is 2. The standard InChI is InChI=1S/C12H15NO3S/c14-17-5-3-9(4-6-17)13-10-1-2-11-12(7-10)16-8-15-11/h1-2,7,9,13H,3-6,8H2. The minimum absolute atomic E-state index is 0.307. The second-order valence-electron chi connectivity index (χ2n) is 4.33. The van der Waals surface area contributed by atoms with Crippen molar-refractivity contribution >= 4 is 16.5 Å². The molecule has 0 saturated carbocycles. The fourth-order valence-corrected chi connectivity index (χ4v) is 3.46.